The van der Waals surface area contributed by atoms with Gasteiger partial charge in [0.2, 0.25) is 5.91 Å². The molecule has 0 radical (unpaired) electrons. The topological polar surface area (TPSA) is 63.1 Å². The number of nitrogens with zero attached hydrogens (tertiary/aromatic N) is 4. The average molecular weight is 327 g/mol. The molecule has 128 valence electrons. The van der Waals surface area contributed by atoms with Crippen LogP contribution in [0.5, 0.6) is 0 Å². The third kappa shape index (κ3) is 4.81. The minimum atomic E-state index is 0.0297. The van der Waals surface area contributed by atoms with Gasteiger partial charge in [0.25, 0.3) is 0 Å². The van der Waals surface area contributed by atoms with E-state index in [1.54, 1.807) is 10.9 Å². The second-order valence-corrected chi connectivity index (χ2v) is 6.22. The molecule has 1 fully saturated rings. The molecule has 6 nitrogen and oxygen atoms in total. The molecule has 3 heterocycles. The maximum Gasteiger partial charge on any atom is 0.222 e. The Bertz CT molecular complexity index is 615. The maximum atomic E-state index is 11.9. The fraction of sp³-hybridized carbons (Fsp3) is 0.500. The molecule has 3 rings (SSSR count). The van der Waals surface area contributed by atoms with Crippen LogP contribution in [0.25, 0.3) is 0 Å². The number of amides is 1. The molecule has 24 heavy (non-hydrogen) atoms. The predicted molar refractivity (Wildman–Crippen MR) is 93.6 cm³/mol. The molecule has 2 aromatic heterocycles. The zero-order valence-corrected chi connectivity index (χ0v) is 14.0. The minimum Gasteiger partial charge on any atom is -0.357 e. The van der Waals surface area contributed by atoms with E-state index in [4.69, 9.17) is 0 Å². The maximum absolute atomic E-state index is 11.9. The number of hydrogen-bond donors (Lipinski definition) is 1. The van der Waals surface area contributed by atoms with Crippen LogP contribution in [0.3, 0.4) is 0 Å². The van der Waals surface area contributed by atoms with E-state index in [9.17, 15) is 4.79 Å². The first-order chi connectivity index (χ1) is 11.8. The van der Waals surface area contributed by atoms with Crippen molar-refractivity contribution in [1.29, 1.82) is 0 Å². The van der Waals surface area contributed by atoms with Crippen LogP contribution in [0.15, 0.2) is 36.8 Å². The van der Waals surface area contributed by atoms with Crippen molar-refractivity contribution in [3.8, 4) is 0 Å². The molecule has 6 heteroatoms. The van der Waals surface area contributed by atoms with E-state index >= 15 is 0 Å². The van der Waals surface area contributed by atoms with E-state index in [2.05, 4.69) is 32.4 Å². The van der Waals surface area contributed by atoms with Crippen molar-refractivity contribution < 1.29 is 4.79 Å². The molecule has 0 bridgehead atoms. The van der Waals surface area contributed by atoms with Gasteiger partial charge in [-0.1, -0.05) is 18.9 Å². The van der Waals surface area contributed by atoms with Crippen molar-refractivity contribution in [2.75, 3.05) is 18.0 Å². The normalized spacial score (nSPS) is 15.1. The molecule has 0 saturated carbocycles. The van der Waals surface area contributed by atoms with E-state index in [1.807, 2.05) is 18.5 Å². The summed E-state index contributed by atoms with van der Waals surface area (Å²) in [4.78, 5) is 18.8. The van der Waals surface area contributed by atoms with Gasteiger partial charge in [0.05, 0.1) is 0 Å². The quantitative estimate of drug-likeness (QED) is 0.885. The van der Waals surface area contributed by atoms with Crippen LogP contribution < -0.4 is 10.2 Å². The molecular formula is C18H25N5O. The molecule has 1 amide bonds. The van der Waals surface area contributed by atoms with Gasteiger partial charge in [0.15, 0.2) is 0 Å². The van der Waals surface area contributed by atoms with Crippen molar-refractivity contribution >= 4 is 11.7 Å². The Hall–Kier alpha value is -2.37. The average Bonchev–Trinajstić information content (AvgIpc) is 2.99. The van der Waals surface area contributed by atoms with Crippen LogP contribution in [0.1, 0.15) is 37.7 Å². The Kier molecular flexibility index (Phi) is 5.82. The minimum absolute atomic E-state index is 0.0297. The van der Waals surface area contributed by atoms with Crippen molar-refractivity contribution in [3.63, 3.8) is 0 Å². The van der Waals surface area contributed by atoms with E-state index in [0.717, 1.165) is 24.5 Å². The monoisotopic (exact) mass is 327 g/mol. The molecule has 0 spiro atoms. The number of aryl methyl sites for hydroxylation is 1. The van der Waals surface area contributed by atoms with Crippen LogP contribution in [-0.4, -0.2) is 33.8 Å². The number of carbonyl (C=O) groups excluding carboxylic acids is 1. The molecule has 0 aliphatic carbocycles. The number of aromatic nitrogens is 3. The Labute approximate surface area is 142 Å². The van der Waals surface area contributed by atoms with E-state index in [-0.39, 0.29) is 5.91 Å². The number of rotatable bonds is 6. The van der Waals surface area contributed by atoms with Gasteiger partial charge in [-0.25, -0.2) is 4.98 Å². The van der Waals surface area contributed by atoms with Gasteiger partial charge in [0.1, 0.15) is 5.82 Å². The summed E-state index contributed by atoms with van der Waals surface area (Å²) in [6.07, 6.45) is 11.0. The number of hydrogen-bond acceptors (Lipinski definition) is 4. The summed E-state index contributed by atoms with van der Waals surface area (Å²) in [6, 6.07) is 5.98. The highest BCUT2D eigenvalue weighted by atomic mass is 16.1. The molecule has 0 unspecified atom stereocenters. The SMILES string of the molecule is O=C(CCn1cccn1)NCc1ccc(N2CCCCCC2)nc1. The van der Waals surface area contributed by atoms with Crippen molar-refractivity contribution in [2.24, 2.45) is 0 Å². The highest BCUT2D eigenvalue weighted by Gasteiger charge is 2.11. The van der Waals surface area contributed by atoms with E-state index < -0.39 is 0 Å². The summed E-state index contributed by atoms with van der Waals surface area (Å²) in [6.45, 7) is 3.31. The lowest BCUT2D eigenvalue weighted by Crippen LogP contribution is -2.25. The first-order valence-electron chi connectivity index (χ1n) is 8.75. The number of anilines is 1. The first kappa shape index (κ1) is 16.5. The van der Waals surface area contributed by atoms with Crippen LogP contribution in [0.2, 0.25) is 0 Å². The summed E-state index contributed by atoms with van der Waals surface area (Å²) < 4.78 is 1.76. The standard InChI is InChI=1S/C18H25N5O/c24-18(8-13-23-12-5-9-21-23)20-15-16-6-7-17(19-14-16)22-10-3-1-2-4-11-22/h5-7,9,12,14H,1-4,8,10-11,13,15H2,(H,20,24). The highest BCUT2D eigenvalue weighted by molar-refractivity contribution is 5.75. The largest absolute Gasteiger partial charge is 0.357 e. The zero-order chi connectivity index (χ0) is 16.6. The lowest BCUT2D eigenvalue weighted by molar-refractivity contribution is -0.121. The Morgan fingerprint density at radius 1 is 1.17 bits per heavy atom. The van der Waals surface area contributed by atoms with Crippen LogP contribution >= 0.6 is 0 Å². The van der Waals surface area contributed by atoms with Crippen molar-refractivity contribution in [3.05, 3.63) is 42.4 Å². The van der Waals surface area contributed by atoms with Gasteiger partial charge in [-0.15, -0.1) is 0 Å². The Morgan fingerprint density at radius 3 is 2.67 bits per heavy atom. The number of nitrogens with one attached hydrogen (secondary N) is 1. The number of pyridine rings is 1. The lowest BCUT2D eigenvalue weighted by atomic mass is 10.2. The fourth-order valence-electron chi connectivity index (χ4n) is 2.95. The Balaban J connectivity index is 1.44. The predicted octanol–water partition coefficient (Wildman–Crippen LogP) is 2.37. The highest BCUT2D eigenvalue weighted by Crippen LogP contribution is 2.17. The molecule has 2 aromatic rings. The van der Waals surface area contributed by atoms with Crippen LogP contribution in [0, 0.1) is 0 Å². The lowest BCUT2D eigenvalue weighted by Gasteiger charge is -2.21. The smallest absolute Gasteiger partial charge is 0.222 e. The van der Waals surface area contributed by atoms with Gasteiger partial charge in [-0.05, 0) is 30.5 Å². The zero-order valence-electron chi connectivity index (χ0n) is 14.0. The van der Waals surface area contributed by atoms with Gasteiger partial charge in [-0.2, -0.15) is 5.10 Å². The van der Waals surface area contributed by atoms with E-state index in [1.165, 1.54) is 25.7 Å². The third-order valence-corrected chi connectivity index (χ3v) is 4.36. The first-order valence-corrected chi connectivity index (χ1v) is 8.75. The van der Waals surface area contributed by atoms with Crippen LogP contribution in [-0.2, 0) is 17.9 Å². The van der Waals surface area contributed by atoms with Gasteiger partial charge < -0.3 is 10.2 Å². The molecule has 0 aromatic carbocycles. The summed E-state index contributed by atoms with van der Waals surface area (Å²) in [5, 5.41) is 7.03. The second-order valence-electron chi connectivity index (χ2n) is 6.22. The molecule has 1 N–H and O–H groups in total. The molecule has 1 saturated heterocycles. The van der Waals surface area contributed by atoms with Crippen molar-refractivity contribution in [2.45, 2.75) is 45.2 Å². The van der Waals surface area contributed by atoms with E-state index in [0.29, 0.717) is 19.5 Å². The van der Waals surface area contributed by atoms with Gasteiger partial charge >= 0.3 is 0 Å². The number of carbonyl (C=O) groups is 1. The van der Waals surface area contributed by atoms with Crippen molar-refractivity contribution in [1.82, 2.24) is 20.1 Å². The van der Waals surface area contributed by atoms with Gasteiger partial charge in [0, 0.05) is 51.2 Å². The second kappa shape index (κ2) is 8.47. The van der Waals surface area contributed by atoms with Gasteiger partial charge in [-0.3, -0.25) is 9.48 Å². The summed E-state index contributed by atoms with van der Waals surface area (Å²) in [5.41, 5.74) is 1.03. The molecule has 1 aliphatic heterocycles. The van der Waals surface area contributed by atoms with Crippen LogP contribution in [0.4, 0.5) is 5.82 Å². The summed E-state index contributed by atoms with van der Waals surface area (Å²) in [5.74, 6) is 1.08. The fourth-order valence-corrected chi connectivity index (χ4v) is 2.95. The Morgan fingerprint density at radius 2 is 2.00 bits per heavy atom. The third-order valence-electron chi connectivity index (χ3n) is 4.36. The summed E-state index contributed by atoms with van der Waals surface area (Å²) in [7, 11) is 0. The molecule has 0 atom stereocenters. The summed E-state index contributed by atoms with van der Waals surface area (Å²) >= 11 is 0. The molecule has 1 aliphatic rings. The molecular weight excluding hydrogens is 302 g/mol.